The van der Waals surface area contributed by atoms with E-state index in [0.29, 0.717) is 22.0 Å². The maximum Gasteiger partial charge on any atom is 0.336 e. The van der Waals surface area contributed by atoms with Crippen LogP contribution in [0.4, 0.5) is 4.39 Å². The van der Waals surface area contributed by atoms with Crippen LogP contribution in [0.25, 0.3) is 16.5 Å². The first-order valence-corrected chi connectivity index (χ1v) is 7.24. The van der Waals surface area contributed by atoms with Crippen LogP contribution < -0.4 is 5.69 Å². The summed E-state index contributed by atoms with van der Waals surface area (Å²) >= 11 is 0. The van der Waals surface area contributed by atoms with E-state index in [0.717, 1.165) is 4.57 Å². The summed E-state index contributed by atoms with van der Waals surface area (Å²) in [7, 11) is 0. The lowest BCUT2D eigenvalue weighted by Gasteiger charge is -2.10. The minimum absolute atomic E-state index is 0.0310. The number of hydrogen-bond donors (Lipinski definition) is 1. The Bertz CT molecular complexity index is 1040. The number of imidazole rings is 1. The smallest absolute Gasteiger partial charge is 0.336 e. The number of fused-ring (bicyclic) bond motifs is 2. The number of rotatable bonds is 1. The molecule has 4 rings (SSSR count). The van der Waals surface area contributed by atoms with Crippen LogP contribution in [0, 0.1) is 11.3 Å². The van der Waals surface area contributed by atoms with Crippen LogP contribution in [0.15, 0.2) is 41.2 Å². The molecule has 1 aliphatic heterocycles. The predicted molar refractivity (Wildman–Crippen MR) is 82.4 cm³/mol. The van der Waals surface area contributed by atoms with Crippen LogP contribution in [0.3, 0.4) is 0 Å². The zero-order valence-corrected chi connectivity index (χ0v) is 12.0. The molecule has 0 bridgehead atoms. The highest BCUT2D eigenvalue weighted by Gasteiger charge is 2.32. The average Bonchev–Trinajstić information content (AvgIpc) is 3.07. The Morgan fingerprint density at radius 3 is 2.65 bits per heavy atom. The van der Waals surface area contributed by atoms with E-state index in [1.807, 2.05) is 0 Å². The summed E-state index contributed by atoms with van der Waals surface area (Å²) in [5, 5.41) is 20.9. The molecule has 0 radical (unpaired) electrons. The van der Waals surface area contributed by atoms with Crippen LogP contribution in [-0.4, -0.2) is 14.2 Å². The van der Waals surface area contributed by atoms with Crippen molar-refractivity contribution in [3.05, 3.63) is 58.1 Å². The lowest BCUT2D eigenvalue weighted by Crippen LogP contribution is -2.22. The molecule has 6 heteroatoms. The SMILES string of the molecule is N#Cc1ccc(-n2c(O)c3n(c2=O)CCC3F)c2ccccc12. The van der Waals surface area contributed by atoms with Crippen molar-refractivity contribution in [2.45, 2.75) is 19.1 Å². The van der Waals surface area contributed by atoms with E-state index in [9.17, 15) is 19.6 Å². The third kappa shape index (κ3) is 1.73. The average molecular weight is 309 g/mol. The van der Waals surface area contributed by atoms with Gasteiger partial charge >= 0.3 is 5.69 Å². The zero-order valence-electron chi connectivity index (χ0n) is 12.0. The summed E-state index contributed by atoms with van der Waals surface area (Å²) < 4.78 is 16.3. The molecule has 23 heavy (non-hydrogen) atoms. The van der Waals surface area contributed by atoms with Crippen LogP contribution in [0.2, 0.25) is 0 Å². The molecular formula is C17H12FN3O2. The van der Waals surface area contributed by atoms with Crippen molar-refractivity contribution in [2.75, 3.05) is 0 Å². The summed E-state index contributed by atoms with van der Waals surface area (Å²) in [5.74, 6) is -0.366. The maximum atomic E-state index is 13.9. The van der Waals surface area contributed by atoms with Crippen molar-refractivity contribution in [3.8, 4) is 17.6 Å². The number of benzene rings is 2. The predicted octanol–water partition coefficient (Wildman–Crippen LogP) is 2.78. The molecular weight excluding hydrogens is 297 g/mol. The van der Waals surface area contributed by atoms with E-state index in [-0.39, 0.29) is 24.5 Å². The zero-order chi connectivity index (χ0) is 16.1. The summed E-state index contributed by atoms with van der Waals surface area (Å²) in [4.78, 5) is 12.6. The molecule has 0 fully saturated rings. The number of aromatic nitrogens is 2. The van der Waals surface area contributed by atoms with Gasteiger partial charge in [0, 0.05) is 23.7 Å². The van der Waals surface area contributed by atoms with E-state index in [1.165, 1.54) is 4.57 Å². The van der Waals surface area contributed by atoms with Gasteiger partial charge < -0.3 is 5.11 Å². The van der Waals surface area contributed by atoms with Gasteiger partial charge in [0.15, 0.2) is 0 Å². The quantitative estimate of drug-likeness (QED) is 0.751. The van der Waals surface area contributed by atoms with Gasteiger partial charge in [0.2, 0.25) is 5.88 Å². The third-order valence-corrected chi connectivity index (χ3v) is 4.32. The van der Waals surface area contributed by atoms with Gasteiger partial charge in [-0.15, -0.1) is 0 Å². The molecule has 2 aromatic carbocycles. The summed E-state index contributed by atoms with van der Waals surface area (Å²) in [6.45, 7) is 0.254. The Labute approximate surface area is 130 Å². The summed E-state index contributed by atoms with van der Waals surface area (Å²) in [5.41, 5.74) is 0.485. The van der Waals surface area contributed by atoms with Crippen molar-refractivity contribution in [2.24, 2.45) is 0 Å². The third-order valence-electron chi connectivity index (χ3n) is 4.32. The van der Waals surface area contributed by atoms with Crippen molar-refractivity contribution in [1.82, 2.24) is 9.13 Å². The highest BCUT2D eigenvalue weighted by atomic mass is 19.1. The molecule has 1 aromatic heterocycles. The number of nitriles is 1. The fourth-order valence-corrected chi connectivity index (χ4v) is 3.25. The lowest BCUT2D eigenvalue weighted by molar-refractivity contribution is 0.326. The number of nitrogens with zero attached hydrogens (tertiary/aromatic N) is 3. The molecule has 0 aliphatic carbocycles. The molecule has 0 saturated heterocycles. The van der Waals surface area contributed by atoms with Crippen molar-refractivity contribution < 1.29 is 9.50 Å². The van der Waals surface area contributed by atoms with Crippen LogP contribution in [-0.2, 0) is 6.54 Å². The highest BCUT2D eigenvalue weighted by Crippen LogP contribution is 2.37. The topological polar surface area (TPSA) is 71.0 Å². The molecule has 0 saturated carbocycles. The van der Waals surface area contributed by atoms with E-state index >= 15 is 0 Å². The van der Waals surface area contributed by atoms with Crippen LogP contribution >= 0.6 is 0 Å². The maximum absolute atomic E-state index is 13.9. The van der Waals surface area contributed by atoms with Gasteiger partial charge in [-0.25, -0.2) is 13.8 Å². The molecule has 1 N–H and O–H groups in total. The van der Waals surface area contributed by atoms with Gasteiger partial charge in [-0.05, 0) is 12.1 Å². The summed E-state index contributed by atoms with van der Waals surface area (Å²) in [6, 6.07) is 12.4. The standard InChI is InChI=1S/C17H12FN3O2/c18-13-7-8-20-15(13)16(22)21(17(20)23)14-6-5-10(9-19)11-3-1-2-4-12(11)14/h1-6,13,22H,7-8H2. The van der Waals surface area contributed by atoms with Crippen LogP contribution in [0.1, 0.15) is 23.8 Å². The number of alkyl halides is 1. The Hall–Kier alpha value is -3.07. The molecule has 5 nitrogen and oxygen atoms in total. The van der Waals surface area contributed by atoms with Gasteiger partial charge in [0.1, 0.15) is 11.9 Å². The Morgan fingerprint density at radius 2 is 1.96 bits per heavy atom. The largest absolute Gasteiger partial charge is 0.493 e. The number of halogens is 1. The second-order valence-electron chi connectivity index (χ2n) is 5.52. The first-order valence-electron chi connectivity index (χ1n) is 7.24. The molecule has 3 aromatic rings. The Morgan fingerprint density at radius 1 is 1.22 bits per heavy atom. The molecule has 114 valence electrons. The second-order valence-corrected chi connectivity index (χ2v) is 5.52. The molecule has 2 heterocycles. The van der Waals surface area contributed by atoms with Gasteiger partial charge in [-0.2, -0.15) is 5.26 Å². The first kappa shape index (κ1) is 13.6. The van der Waals surface area contributed by atoms with Crippen molar-refractivity contribution in [1.29, 1.82) is 5.26 Å². The van der Waals surface area contributed by atoms with E-state index in [1.54, 1.807) is 36.4 Å². The van der Waals surface area contributed by atoms with Crippen LogP contribution in [0.5, 0.6) is 5.88 Å². The fraction of sp³-hybridized carbons (Fsp3) is 0.176. The Kier molecular flexibility index (Phi) is 2.78. The van der Waals surface area contributed by atoms with Gasteiger partial charge in [-0.1, -0.05) is 24.3 Å². The normalized spacial score (nSPS) is 16.4. The van der Waals surface area contributed by atoms with E-state index in [2.05, 4.69) is 6.07 Å². The fourth-order valence-electron chi connectivity index (χ4n) is 3.25. The molecule has 0 amide bonds. The van der Waals surface area contributed by atoms with Crippen molar-refractivity contribution >= 4 is 10.8 Å². The molecule has 1 unspecified atom stereocenters. The van der Waals surface area contributed by atoms with Gasteiger partial charge in [0.25, 0.3) is 0 Å². The van der Waals surface area contributed by atoms with Crippen molar-refractivity contribution in [3.63, 3.8) is 0 Å². The number of hydrogen-bond acceptors (Lipinski definition) is 3. The van der Waals surface area contributed by atoms with E-state index in [4.69, 9.17) is 0 Å². The highest BCUT2D eigenvalue weighted by molar-refractivity contribution is 5.94. The second kappa shape index (κ2) is 4.71. The lowest BCUT2D eigenvalue weighted by atomic mass is 10.0. The van der Waals surface area contributed by atoms with Gasteiger partial charge in [-0.3, -0.25) is 4.57 Å². The monoisotopic (exact) mass is 309 g/mol. The Balaban J connectivity index is 2.09. The molecule has 0 spiro atoms. The minimum atomic E-state index is -1.34. The molecule has 1 atom stereocenters. The minimum Gasteiger partial charge on any atom is -0.493 e. The number of aromatic hydroxyl groups is 1. The van der Waals surface area contributed by atoms with E-state index < -0.39 is 11.9 Å². The summed E-state index contributed by atoms with van der Waals surface area (Å²) in [6.07, 6.45) is -1.14. The van der Waals surface area contributed by atoms with Gasteiger partial charge in [0.05, 0.1) is 17.3 Å². The first-order chi connectivity index (χ1) is 11.1. The molecule has 1 aliphatic rings.